The molecule has 2 fully saturated rings. The van der Waals surface area contributed by atoms with Crippen LogP contribution in [0.25, 0.3) is 33.5 Å². The number of aromatic nitrogens is 5. The number of nitrogens with two attached hydrogens (primary N) is 1. The molecule has 1 saturated heterocycles. The Hall–Kier alpha value is -4.18. The van der Waals surface area contributed by atoms with Crippen LogP contribution in [0.3, 0.4) is 0 Å². The van der Waals surface area contributed by atoms with Crippen LogP contribution >= 0.6 is 0 Å². The van der Waals surface area contributed by atoms with Crippen LogP contribution in [-0.2, 0) is 9.53 Å². The predicted molar refractivity (Wildman–Crippen MR) is 144 cm³/mol. The number of hydrogen-bond donors (Lipinski definition) is 2. The van der Waals surface area contributed by atoms with Crippen LogP contribution in [-0.4, -0.2) is 57.1 Å². The topological polar surface area (TPSA) is 132 Å². The van der Waals surface area contributed by atoms with Gasteiger partial charge in [-0.2, -0.15) is 0 Å². The number of fused-ring (bicyclic) bond motifs is 1. The van der Waals surface area contributed by atoms with Gasteiger partial charge < -0.3 is 20.7 Å². The molecule has 10 heteroatoms. The van der Waals surface area contributed by atoms with E-state index in [1.807, 2.05) is 50.4 Å². The van der Waals surface area contributed by atoms with E-state index < -0.39 is 0 Å². The molecule has 10 nitrogen and oxygen atoms in total. The van der Waals surface area contributed by atoms with Crippen molar-refractivity contribution in [3.63, 3.8) is 0 Å². The first-order chi connectivity index (χ1) is 18.1. The summed E-state index contributed by atoms with van der Waals surface area (Å²) in [5.74, 6) is 1.73. The van der Waals surface area contributed by atoms with E-state index in [9.17, 15) is 4.79 Å². The van der Waals surface area contributed by atoms with Crippen molar-refractivity contribution < 1.29 is 9.53 Å². The number of nitrogens with zero attached hydrogens (tertiary/aromatic N) is 6. The molecule has 2 aliphatic rings. The molecule has 0 spiro atoms. The standard InChI is InChI=1S/C25H24N8O2.C2H6/c26-25-28-13-18(14-29-25)22-31-20-11-17(12-27-21(20)23(32-22)33-7-9-35-10-8-33)15-3-5-19(6-4-15)30-24(34)16-1-2-16;1-2/h3-6,11-14,16H,1-2,7-10H2,(H,30,34)(H2,26,28,29);1-2H3. The van der Waals surface area contributed by atoms with Gasteiger partial charge >= 0.3 is 0 Å². The first-order valence-corrected chi connectivity index (χ1v) is 12.6. The van der Waals surface area contributed by atoms with Crippen molar-refractivity contribution >= 4 is 34.4 Å². The van der Waals surface area contributed by atoms with Crippen molar-refractivity contribution in [2.45, 2.75) is 26.7 Å². The van der Waals surface area contributed by atoms with Gasteiger partial charge in [-0.1, -0.05) is 26.0 Å². The first kappa shape index (κ1) is 24.5. The summed E-state index contributed by atoms with van der Waals surface area (Å²) in [6.07, 6.45) is 7.04. The Balaban J connectivity index is 0.00000137. The van der Waals surface area contributed by atoms with E-state index >= 15 is 0 Å². The molecule has 6 rings (SSSR count). The van der Waals surface area contributed by atoms with Gasteiger partial charge in [0.15, 0.2) is 11.6 Å². The van der Waals surface area contributed by atoms with Crippen molar-refractivity contribution in [3.05, 3.63) is 48.9 Å². The van der Waals surface area contributed by atoms with E-state index in [0.717, 1.165) is 59.6 Å². The quantitative estimate of drug-likeness (QED) is 0.420. The van der Waals surface area contributed by atoms with E-state index in [1.165, 1.54) is 0 Å². The summed E-state index contributed by atoms with van der Waals surface area (Å²) in [4.78, 5) is 36.8. The second-order valence-corrected chi connectivity index (χ2v) is 8.73. The Bertz CT molecular complexity index is 1380. The van der Waals surface area contributed by atoms with Crippen LogP contribution in [0.2, 0.25) is 0 Å². The molecule has 0 unspecified atom stereocenters. The highest BCUT2D eigenvalue weighted by Crippen LogP contribution is 2.32. The van der Waals surface area contributed by atoms with Gasteiger partial charge in [0.25, 0.3) is 0 Å². The highest BCUT2D eigenvalue weighted by atomic mass is 16.5. The maximum Gasteiger partial charge on any atom is 0.227 e. The summed E-state index contributed by atoms with van der Waals surface area (Å²) < 4.78 is 5.52. The van der Waals surface area contributed by atoms with Crippen LogP contribution in [0.5, 0.6) is 0 Å². The number of hydrogen-bond acceptors (Lipinski definition) is 9. The summed E-state index contributed by atoms with van der Waals surface area (Å²) in [6.45, 7) is 6.71. The Morgan fingerprint density at radius 2 is 1.62 bits per heavy atom. The molecule has 1 aliphatic heterocycles. The number of pyridine rings is 1. The number of nitrogens with one attached hydrogen (secondary N) is 1. The molecule has 37 heavy (non-hydrogen) atoms. The number of nitrogen functional groups attached to an aromatic ring is 1. The lowest BCUT2D eigenvalue weighted by Crippen LogP contribution is -2.37. The number of carbonyl (C=O) groups is 1. The van der Waals surface area contributed by atoms with E-state index in [0.29, 0.717) is 24.6 Å². The van der Waals surface area contributed by atoms with Gasteiger partial charge in [-0.3, -0.25) is 9.78 Å². The van der Waals surface area contributed by atoms with Gasteiger partial charge in [0, 0.05) is 48.8 Å². The molecule has 4 aromatic rings. The van der Waals surface area contributed by atoms with Crippen LogP contribution < -0.4 is 16.0 Å². The summed E-state index contributed by atoms with van der Waals surface area (Å²) in [5.41, 5.74) is 10.5. The molecule has 4 heterocycles. The van der Waals surface area contributed by atoms with Crippen molar-refractivity contribution in [1.29, 1.82) is 0 Å². The second kappa shape index (κ2) is 10.8. The van der Waals surface area contributed by atoms with Crippen LogP contribution in [0, 0.1) is 5.92 Å². The van der Waals surface area contributed by atoms with Gasteiger partial charge in [0.1, 0.15) is 5.52 Å². The summed E-state index contributed by atoms with van der Waals surface area (Å²) in [7, 11) is 0. The minimum Gasteiger partial charge on any atom is -0.378 e. The fourth-order valence-electron chi connectivity index (χ4n) is 4.07. The van der Waals surface area contributed by atoms with Crippen molar-refractivity contribution in [2.24, 2.45) is 5.92 Å². The van der Waals surface area contributed by atoms with Crippen molar-refractivity contribution in [2.75, 3.05) is 42.3 Å². The van der Waals surface area contributed by atoms with E-state index in [4.69, 9.17) is 25.4 Å². The van der Waals surface area contributed by atoms with Crippen LogP contribution in [0.4, 0.5) is 17.5 Å². The zero-order valence-electron chi connectivity index (χ0n) is 21.0. The molecule has 3 N–H and O–H groups in total. The molecule has 190 valence electrons. The largest absolute Gasteiger partial charge is 0.378 e. The second-order valence-electron chi connectivity index (χ2n) is 8.73. The van der Waals surface area contributed by atoms with Gasteiger partial charge in [-0.25, -0.2) is 19.9 Å². The third-order valence-corrected chi connectivity index (χ3v) is 6.19. The number of carbonyl (C=O) groups excluding carboxylic acids is 1. The SMILES string of the molecule is CC.Nc1ncc(-c2nc(N3CCOCC3)c3ncc(-c4ccc(NC(=O)C5CC5)cc4)cc3n2)cn1. The van der Waals surface area contributed by atoms with Gasteiger partial charge in [0.05, 0.1) is 24.3 Å². The number of benzene rings is 1. The molecule has 1 amide bonds. The smallest absolute Gasteiger partial charge is 0.227 e. The molecule has 1 aliphatic carbocycles. The van der Waals surface area contributed by atoms with Crippen molar-refractivity contribution in [1.82, 2.24) is 24.9 Å². The molecule has 0 atom stereocenters. The zero-order valence-corrected chi connectivity index (χ0v) is 21.0. The van der Waals surface area contributed by atoms with Gasteiger partial charge in [-0.05, 0) is 36.6 Å². The lowest BCUT2D eigenvalue weighted by molar-refractivity contribution is -0.117. The Morgan fingerprint density at radius 3 is 2.30 bits per heavy atom. The molecule has 1 saturated carbocycles. The molecule has 3 aromatic heterocycles. The summed E-state index contributed by atoms with van der Waals surface area (Å²) >= 11 is 0. The third kappa shape index (κ3) is 5.49. The van der Waals surface area contributed by atoms with E-state index in [1.54, 1.807) is 12.4 Å². The Labute approximate surface area is 215 Å². The van der Waals surface area contributed by atoms with Crippen molar-refractivity contribution in [3.8, 4) is 22.5 Å². The zero-order chi connectivity index (χ0) is 25.8. The normalized spacial score (nSPS) is 15.1. The van der Waals surface area contributed by atoms with Crippen LogP contribution in [0.1, 0.15) is 26.7 Å². The van der Waals surface area contributed by atoms with E-state index in [2.05, 4.69) is 20.2 Å². The fraction of sp³-hybridized carbons (Fsp3) is 0.333. The summed E-state index contributed by atoms with van der Waals surface area (Å²) in [5, 5.41) is 2.97. The summed E-state index contributed by atoms with van der Waals surface area (Å²) in [6, 6.07) is 9.79. The van der Waals surface area contributed by atoms with E-state index in [-0.39, 0.29) is 17.8 Å². The minimum atomic E-state index is 0.0941. The highest BCUT2D eigenvalue weighted by Gasteiger charge is 2.29. The molecule has 0 radical (unpaired) electrons. The van der Waals surface area contributed by atoms with Crippen LogP contribution in [0.15, 0.2) is 48.9 Å². The number of anilines is 3. The van der Waals surface area contributed by atoms with Gasteiger partial charge in [0.2, 0.25) is 11.9 Å². The third-order valence-electron chi connectivity index (χ3n) is 6.19. The number of ether oxygens (including phenoxy) is 1. The number of amides is 1. The molecular weight excluding hydrogens is 468 g/mol. The highest BCUT2D eigenvalue weighted by molar-refractivity contribution is 5.94. The fourth-order valence-corrected chi connectivity index (χ4v) is 4.07. The number of rotatable bonds is 5. The predicted octanol–water partition coefficient (Wildman–Crippen LogP) is 3.94. The lowest BCUT2D eigenvalue weighted by Gasteiger charge is -2.28. The first-order valence-electron chi connectivity index (χ1n) is 12.6. The Kier molecular flexibility index (Phi) is 7.18. The lowest BCUT2D eigenvalue weighted by atomic mass is 10.1. The molecule has 0 bridgehead atoms. The number of morpholine rings is 1. The monoisotopic (exact) mass is 498 g/mol. The maximum atomic E-state index is 12.0. The van der Waals surface area contributed by atoms with Gasteiger partial charge in [-0.15, -0.1) is 0 Å². The average molecular weight is 499 g/mol. The minimum absolute atomic E-state index is 0.0941. The average Bonchev–Trinajstić information content (AvgIpc) is 3.81. The maximum absolute atomic E-state index is 12.0. The molecular formula is C27H30N8O2. The molecule has 1 aromatic carbocycles. The Morgan fingerprint density at radius 1 is 0.946 bits per heavy atom.